The van der Waals surface area contributed by atoms with Crippen LogP contribution in [0.2, 0.25) is 0 Å². The maximum absolute atomic E-state index is 12.7. The number of halogens is 4. The van der Waals surface area contributed by atoms with Gasteiger partial charge in [-0.25, -0.2) is 0 Å². The van der Waals surface area contributed by atoms with Gasteiger partial charge in [0.25, 0.3) is 0 Å². The molecule has 0 aromatic heterocycles. The molecular formula is C11H8BrF3O. The lowest BCUT2D eigenvalue weighted by Crippen LogP contribution is -2.26. The quantitative estimate of drug-likeness (QED) is 0.767. The highest BCUT2D eigenvalue weighted by atomic mass is 79.9. The Labute approximate surface area is 98.8 Å². The molecule has 5 heteroatoms. The Morgan fingerprint density at radius 1 is 1.31 bits per heavy atom. The first-order valence-electron chi connectivity index (χ1n) is 4.79. The lowest BCUT2D eigenvalue weighted by atomic mass is 9.77. The second-order valence-electron chi connectivity index (χ2n) is 3.76. The minimum absolute atomic E-state index is 0.0891. The van der Waals surface area contributed by atoms with Gasteiger partial charge in [-0.15, -0.1) is 0 Å². The Bertz CT molecular complexity index is 439. The standard InChI is InChI=1S/C11H8BrF3O/c12-8-3-1-2-7(11(13,14)15)10(8)6-4-5-9(6)16/h1-3,6H,4-5H2. The predicted octanol–water partition coefficient (Wildman–Crippen LogP) is 3.91. The summed E-state index contributed by atoms with van der Waals surface area (Å²) in [6.45, 7) is 0. The number of carbonyl (C=O) groups excluding carboxylic acids is 1. The van der Waals surface area contributed by atoms with Crippen LogP contribution >= 0.6 is 15.9 Å². The van der Waals surface area contributed by atoms with Crippen molar-refractivity contribution in [3.8, 4) is 0 Å². The van der Waals surface area contributed by atoms with Crippen LogP contribution in [0.5, 0.6) is 0 Å². The van der Waals surface area contributed by atoms with Gasteiger partial charge >= 0.3 is 6.18 Å². The van der Waals surface area contributed by atoms with E-state index in [4.69, 9.17) is 0 Å². The normalized spacial score (nSPS) is 20.8. The van der Waals surface area contributed by atoms with E-state index in [1.807, 2.05) is 0 Å². The fourth-order valence-electron chi connectivity index (χ4n) is 1.85. The van der Waals surface area contributed by atoms with Crippen LogP contribution < -0.4 is 0 Å². The molecule has 1 aliphatic rings. The third kappa shape index (κ3) is 1.88. The first-order valence-corrected chi connectivity index (χ1v) is 5.59. The number of hydrogen-bond acceptors (Lipinski definition) is 1. The molecule has 0 radical (unpaired) electrons. The van der Waals surface area contributed by atoms with Crippen LogP contribution in [0.1, 0.15) is 29.9 Å². The number of Topliss-reactive ketones (excluding diaryl/α,β-unsaturated/α-hetero) is 1. The zero-order valence-electron chi connectivity index (χ0n) is 8.14. The van der Waals surface area contributed by atoms with Gasteiger partial charge in [0.2, 0.25) is 0 Å². The summed E-state index contributed by atoms with van der Waals surface area (Å²) in [5.74, 6) is -0.704. The molecule has 1 aliphatic carbocycles. The third-order valence-corrected chi connectivity index (χ3v) is 3.47. The highest BCUT2D eigenvalue weighted by molar-refractivity contribution is 9.10. The van der Waals surface area contributed by atoms with E-state index in [1.165, 1.54) is 12.1 Å². The van der Waals surface area contributed by atoms with E-state index in [0.717, 1.165) is 6.07 Å². The van der Waals surface area contributed by atoms with Gasteiger partial charge in [-0.3, -0.25) is 4.79 Å². The molecule has 86 valence electrons. The average molecular weight is 293 g/mol. The predicted molar refractivity (Wildman–Crippen MR) is 56.1 cm³/mol. The summed E-state index contributed by atoms with van der Waals surface area (Å²) >= 11 is 3.09. The van der Waals surface area contributed by atoms with Gasteiger partial charge in [0, 0.05) is 16.8 Å². The summed E-state index contributed by atoms with van der Waals surface area (Å²) in [6, 6.07) is 3.89. The van der Waals surface area contributed by atoms with Gasteiger partial charge in [0.05, 0.1) is 5.56 Å². The van der Waals surface area contributed by atoms with Crippen LogP contribution in [0, 0.1) is 0 Å². The largest absolute Gasteiger partial charge is 0.416 e. The molecule has 0 aliphatic heterocycles. The molecule has 1 aromatic carbocycles. The lowest BCUT2D eigenvalue weighted by molar-refractivity contribution is -0.139. The van der Waals surface area contributed by atoms with E-state index < -0.39 is 17.7 Å². The first-order chi connectivity index (χ1) is 7.41. The molecule has 16 heavy (non-hydrogen) atoms. The van der Waals surface area contributed by atoms with Crippen LogP contribution in [0.4, 0.5) is 13.2 Å². The van der Waals surface area contributed by atoms with E-state index >= 15 is 0 Å². The smallest absolute Gasteiger partial charge is 0.299 e. The minimum atomic E-state index is -4.41. The fraction of sp³-hybridized carbons (Fsp3) is 0.364. The van der Waals surface area contributed by atoms with E-state index in [2.05, 4.69) is 15.9 Å². The molecule has 0 heterocycles. The zero-order valence-corrected chi connectivity index (χ0v) is 9.73. The van der Waals surface area contributed by atoms with Crippen LogP contribution in [0.3, 0.4) is 0 Å². The number of carbonyl (C=O) groups is 1. The zero-order chi connectivity index (χ0) is 11.9. The van der Waals surface area contributed by atoms with Crippen molar-refractivity contribution in [3.63, 3.8) is 0 Å². The van der Waals surface area contributed by atoms with E-state index in [9.17, 15) is 18.0 Å². The average Bonchev–Trinajstić information content (AvgIpc) is 2.17. The third-order valence-electron chi connectivity index (χ3n) is 2.77. The number of alkyl halides is 3. The molecule has 0 bridgehead atoms. The van der Waals surface area contributed by atoms with Gasteiger partial charge in [0.15, 0.2) is 0 Å². The molecule has 2 rings (SSSR count). The Kier molecular flexibility index (Phi) is 2.82. The fourth-order valence-corrected chi connectivity index (χ4v) is 2.49. The Hall–Kier alpha value is -0.840. The van der Waals surface area contributed by atoms with Gasteiger partial charge in [-0.2, -0.15) is 13.2 Å². The lowest BCUT2D eigenvalue weighted by Gasteiger charge is -2.28. The first kappa shape index (κ1) is 11.6. The summed E-state index contributed by atoms with van der Waals surface area (Å²) in [5, 5.41) is 0. The highest BCUT2D eigenvalue weighted by Gasteiger charge is 2.40. The summed E-state index contributed by atoms with van der Waals surface area (Å²) in [5.41, 5.74) is -0.619. The second-order valence-corrected chi connectivity index (χ2v) is 4.61. The number of benzene rings is 1. The topological polar surface area (TPSA) is 17.1 Å². The van der Waals surface area contributed by atoms with Crippen LogP contribution in [0.25, 0.3) is 0 Å². The Morgan fingerprint density at radius 2 is 2.00 bits per heavy atom. The van der Waals surface area contributed by atoms with Crippen molar-refractivity contribution in [1.82, 2.24) is 0 Å². The van der Waals surface area contributed by atoms with E-state index in [0.29, 0.717) is 17.3 Å². The molecule has 0 amide bonds. The summed E-state index contributed by atoms with van der Waals surface area (Å²) in [4.78, 5) is 11.3. The molecule has 1 aromatic rings. The van der Waals surface area contributed by atoms with Crippen molar-refractivity contribution in [2.75, 3.05) is 0 Å². The Morgan fingerprint density at radius 3 is 2.44 bits per heavy atom. The van der Waals surface area contributed by atoms with Crippen molar-refractivity contribution >= 4 is 21.7 Å². The van der Waals surface area contributed by atoms with E-state index in [1.54, 1.807) is 0 Å². The monoisotopic (exact) mass is 292 g/mol. The molecule has 1 nitrogen and oxygen atoms in total. The number of ketones is 1. The van der Waals surface area contributed by atoms with Gasteiger partial charge in [-0.1, -0.05) is 22.0 Å². The Balaban J connectivity index is 2.53. The summed E-state index contributed by atoms with van der Waals surface area (Å²) < 4.78 is 38.6. The molecule has 0 spiro atoms. The van der Waals surface area contributed by atoms with Crippen molar-refractivity contribution in [2.45, 2.75) is 24.9 Å². The maximum atomic E-state index is 12.7. The molecule has 1 saturated carbocycles. The van der Waals surface area contributed by atoms with Crippen molar-refractivity contribution in [2.24, 2.45) is 0 Å². The summed E-state index contributed by atoms with van der Waals surface area (Å²) in [7, 11) is 0. The molecule has 0 saturated heterocycles. The molecule has 1 fully saturated rings. The highest BCUT2D eigenvalue weighted by Crippen LogP contribution is 2.44. The van der Waals surface area contributed by atoms with Gasteiger partial charge < -0.3 is 0 Å². The maximum Gasteiger partial charge on any atom is 0.416 e. The summed E-state index contributed by atoms with van der Waals surface area (Å²) in [6.07, 6.45) is -3.52. The van der Waals surface area contributed by atoms with E-state index in [-0.39, 0.29) is 11.3 Å². The molecule has 1 atom stereocenters. The van der Waals surface area contributed by atoms with Gasteiger partial charge in [0.1, 0.15) is 5.78 Å². The molecule has 1 unspecified atom stereocenters. The number of rotatable bonds is 1. The SMILES string of the molecule is O=C1CCC1c1c(Br)cccc1C(F)(F)F. The molecular weight excluding hydrogens is 285 g/mol. The minimum Gasteiger partial charge on any atom is -0.299 e. The van der Waals surface area contributed by atoms with Crippen LogP contribution in [0.15, 0.2) is 22.7 Å². The van der Waals surface area contributed by atoms with Crippen molar-refractivity contribution in [1.29, 1.82) is 0 Å². The number of hydrogen-bond donors (Lipinski definition) is 0. The van der Waals surface area contributed by atoms with Gasteiger partial charge in [-0.05, 0) is 24.1 Å². The van der Waals surface area contributed by atoms with Crippen LogP contribution in [-0.4, -0.2) is 5.78 Å². The molecule has 0 N–H and O–H groups in total. The van der Waals surface area contributed by atoms with Crippen molar-refractivity contribution in [3.05, 3.63) is 33.8 Å². The van der Waals surface area contributed by atoms with Crippen molar-refractivity contribution < 1.29 is 18.0 Å². The van der Waals surface area contributed by atoms with Crippen LogP contribution in [-0.2, 0) is 11.0 Å². The second kappa shape index (κ2) is 3.87.